The Balaban J connectivity index is 2.17. The zero-order valence-corrected chi connectivity index (χ0v) is 29.2. The van der Waals surface area contributed by atoms with Gasteiger partial charge in [0.05, 0.1) is 18.8 Å². The van der Waals surface area contributed by atoms with Crippen LogP contribution in [-0.2, 0) is 32.8 Å². The molecule has 1 fully saturated rings. The van der Waals surface area contributed by atoms with Crippen LogP contribution in [0.25, 0.3) is 11.2 Å². The molecule has 0 spiro atoms. The van der Waals surface area contributed by atoms with E-state index in [0.717, 1.165) is 0 Å². The number of hydrogen-bond donors (Lipinski definition) is 2. The monoisotopic (exact) mass is 667 g/mol. The fraction of sp³-hybridized carbons (Fsp3) is 0.724. The lowest BCUT2D eigenvalue weighted by molar-refractivity contribution is -0.165. The number of H-pyrrole nitrogens is 1. The highest BCUT2D eigenvalue weighted by atomic mass is 31.2. The van der Waals surface area contributed by atoms with Crippen LogP contribution >= 0.6 is 8.02 Å². The lowest BCUT2D eigenvalue weighted by Crippen LogP contribution is -2.50. The molecule has 0 amide bonds. The topological polar surface area (TPSA) is 200 Å². The molecule has 46 heavy (non-hydrogen) atoms. The summed E-state index contributed by atoms with van der Waals surface area (Å²) >= 11 is 0. The van der Waals surface area contributed by atoms with E-state index in [9.17, 15) is 19.6 Å². The van der Waals surface area contributed by atoms with Crippen LogP contribution in [0.4, 0.5) is 5.95 Å². The van der Waals surface area contributed by atoms with Gasteiger partial charge in [-0.2, -0.15) is 19.3 Å². The van der Waals surface area contributed by atoms with Gasteiger partial charge in [-0.1, -0.05) is 0 Å². The summed E-state index contributed by atoms with van der Waals surface area (Å²) in [6, 6.07) is 2.03. The van der Waals surface area contributed by atoms with Gasteiger partial charge >= 0.3 is 20.0 Å². The zero-order chi connectivity index (χ0) is 34.5. The highest BCUT2D eigenvalue weighted by molar-refractivity contribution is 7.61. The van der Waals surface area contributed by atoms with Crippen molar-refractivity contribution >= 4 is 37.1 Å². The molecule has 16 nitrogen and oxygen atoms in total. The fourth-order valence-electron chi connectivity index (χ4n) is 6.01. The second-order valence-electron chi connectivity index (χ2n) is 12.2. The Morgan fingerprint density at radius 2 is 1.57 bits per heavy atom. The third-order valence-electron chi connectivity index (χ3n) is 7.19. The number of carbonyl (C=O) groups is 2. The number of ether oxygens (including phenoxy) is 3. The van der Waals surface area contributed by atoms with Gasteiger partial charge < -0.3 is 19.9 Å². The standard InChI is InChI=1S/C29H47N8O8P/c1-16(2)36(17(3)4)46(41-13-11-12-30,37(18(5)6)19(7)8)42-14-22-24(43-20(9)38)25(44-21(10)39)28(45-22)35-15-32-23-26(35)33-29(31)34-27(23)40/h15-19,22,24-25,28H,11,13-14H2,1-10H3,(H2-,31,33,34,40)/p+1/t22-,24-,25-,28-/m1/s1. The smallest absolute Gasteiger partial charge is 0.437 e. The van der Waals surface area contributed by atoms with Gasteiger partial charge in [-0.25, -0.2) is 4.98 Å². The van der Waals surface area contributed by atoms with Crippen molar-refractivity contribution in [1.82, 2.24) is 28.9 Å². The number of rotatable bonds is 15. The number of nitrogens with two attached hydrogens (primary N) is 1. The average Bonchev–Trinajstić information content (AvgIpc) is 3.47. The minimum Gasteiger partial charge on any atom is -0.456 e. The van der Waals surface area contributed by atoms with Crippen LogP contribution in [0.15, 0.2) is 11.1 Å². The minimum atomic E-state index is -3.17. The molecule has 0 bridgehead atoms. The van der Waals surface area contributed by atoms with E-state index in [1.54, 1.807) is 0 Å². The van der Waals surface area contributed by atoms with Gasteiger partial charge in [-0.15, -0.1) is 9.34 Å². The van der Waals surface area contributed by atoms with Crippen LogP contribution in [0, 0.1) is 11.3 Å². The summed E-state index contributed by atoms with van der Waals surface area (Å²) in [6.45, 7) is 18.8. The number of hydrogen-bond acceptors (Lipinski definition) is 14. The maximum atomic E-state index is 12.5. The number of nitriles is 1. The number of aromatic amines is 1. The number of imidazole rings is 1. The van der Waals surface area contributed by atoms with E-state index >= 15 is 0 Å². The largest absolute Gasteiger partial charge is 0.456 e. The Kier molecular flexibility index (Phi) is 12.6. The van der Waals surface area contributed by atoms with Crippen molar-refractivity contribution in [3.8, 4) is 6.07 Å². The van der Waals surface area contributed by atoms with E-state index in [1.165, 1.54) is 24.7 Å². The molecule has 3 N–H and O–H groups in total. The number of nitrogen functional groups attached to an aromatic ring is 1. The van der Waals surface area contributed by atoms with Crippen molar-refractivity contribution < 1.29 is 32.8 Å². The van der Waals surface area contributed by atoms with Gasteiger partial charge in [-0.3, -0.25) is 23.9 Å². The average molecular weight is 668 g/mol. The summed E-state index contributed by atoms with van der Waals surface area (Å²) in [4.78, 5) is 48.1. The highest BCUT2D eigenvalue weighted by Crippen LogP contribution is 2.70. The number of fused-ring (bicyclic) bond motifs is 1. The normalized spacial score (nSPS) is 20.5. The van der Waals surface area contributed by atoms with Crippen LogP contribution in [0.2, 0.25) is 0 Å². The maximum Gasteiger partial charge on any atom is 0.437 e. The van der Waals surface area contributed by atoms with Gasteiger partial charge in [-0.05, 0) is 55.4 Å². The number of nitrogens with zero attached hydrogens (tertiary/aromatic N) is 6. The third kappa shape index (κ3) is 8.02. The molecule has 1 aliphatic rings. The van der Waals surface area contributed by atoms with E-state index in [4.69, 9.17) is 29.0 Å². The first-order valence-electron chi connectivity index (χ1n) is 15.4. The first-order valence-corrected chi connectivity index (χ1v) is 16.9. The van der Waals surface area contributed by atoms with E-state index < -0.39 is 50.1 Å². The van der Waals surface area contributed by atoms with Crippen molar-refractivity contribution in [3.63, 3.8) is 0 Å². The van der Waals surface area contributed by atoms with Crippen molar-refractivity contribution in [1.29, 1.82) is 5.26 Å². The number of esters is 2. The maximum absolute atomic E-state index is 12.5. The quantitative estimate of drug-likeness (QED) is 0.159. The Morgan fingerprint density at radius 3 is 2.07 bits per heavy atom. The van der Waals surface area contributed by atoms with Gasteiger partial charge in [0.1, 0.15) is 19.3 Å². The van der Waals surface area contributed by atoms with Crippen LogP contribution in [0.3, 0.4) is 0 Å². The molecule has 4 atom stereocenters. The molecule has 2 aromatic heterocycles. The Bertz CT molecular complexity index is 1420. The molecule has 0 radical (unpaired) electrons. The van der Waals surface area contributed by atoms with E-state index in [1.807, 2.05) is 0 Å². The molecule has 0 aromatic carbocycles. The molecule has 0 aliphatic carbocycles. The van der Waals surface area contributed by atoms with E-state index in [2.05, 4.69) is 85.8 Å². The highest BCUT2D eigenvalue weighted by Gasteiger charge is 2.62. The van der Waals surface area contributed by atoms with Crippen molar-refractivity contribution in [2.45, 2.75) is 124 Å². The lowest BCUT2D eigenvalue weighted by Gasteiger charge is -2.45. The second-order valence-corrected chi connectivity index (χ2v) is 14.6. The number of carbonyl (C=O) groups excluding carboxylic acids is 2. The summed E-state index contributed by atoms with van der Waals surface area (Å²) in [5.74, 6) is -1.42. The van der Waals surface area contributed by atoms with Gasteiger partial charge in [0.2, 0.25) is 5.95 Å². The summed E-state index contributed by atoms with van der Waals surface area (Å²) in [5, 5.41) is 9.39. The summed E-state index contributed by atoms with van der Waals surface area (Å²) < 4.78 is 37.3. The molecule has 3 rings (SSSR count). The molecule has 3 heterocycles. The van der Waals surface area contributed by atoms with Crippen molar-refractivity contribution in [2.24, 2.45) is 0 Å². The van der Waals surface area contributed by atoms with Crippen molar-refractivity contribution in [3.05, 3.63) is 16.7 Å². The first-order chi connectivity index (χ1) is 21.5. The fourth-order valence-corrected chi connectivity index (χ4v) is 9.86. The SMILES string of the molecule is CC(=O)O[C@@H]1[C@H](OC(C)=O)[C@@H](CO[P+](OCCC#N)(N(C(C)C)C(C)C)N(C(C)C)C(C)C)O[C@H]1n1cnc2c(=O)[nH]c(N)nc21. The Hall–Kier alpha value is -3.19. The van der Waals surface area contributed by atoms with Gasteiger partial charge in [0, 0.05) is 38.0 Å². The third-order valence-corrected chi connectivity index (χ3v) is 11.2. The molecule has 0 unspecified atom stereocenters. The number of anilines is 1. The summed E-state index contributed by atoms with van der Waals surface area (Å²) in [5.41, 5.74) is 5.34. The lowest BCUT2D eigenvalue weighted by atomic mass is 10.1. The zero-order valence-electron chi connectivity index (χ0n) is 28.3. The van der Waals surface area contributed by atoms with E-state index in [0.29, 0.717) is 0 Å². The molecule has 1 aliphatic heterocycles. The molecule has 256 valence electrons. The van der Waals surface area contributed by atoms with Crippen molar-refractivity contribution in [2.75, 3.05) is 18.9 Å². The molecular formula is C29H48N8O8P+. The minimum absolute atomic E-state index is 0.00651. The molecule has 2 aromatic rings. The molecular weight excluding hydrogens is 619 g/mol. The van der Waals surface area contributed by atoms with Crippen LogP contribution in [0.1, 0.15) is 81.9 Å². The summed E-state index contributed by atoms with van der Waals surface area (Å²) in [7, 11) is -3.17. The number of aromatic nitrogens is 4. The Labute approximate surface area is 270 Å². The van der Waals surface area contributed by atoms with E-state index in [-0.39, 0.29) is 60.9 Å². The van der Waals surface area contributed by atoms with Crippen LogP contribution in [-0.4, -0.2) is 96.5 Å². The molecule has 0 saturated carbocycles. The number of nitrogens with one attached hydrogen (secondary N) is 1. The van der Waals surface area contributed by atoms with Gasteiger partial charge in [0.15, 0.2) is 29.6 Å². The predicted molar refractivity (Wildman–Crippen MR) is 171 cm³/mol. The van der Waals surface area contributed by atoms with Gasteiger partial charge in [0.25, 0.3) is 5.56 Å². The van der Waals surface area contributed by atoms with Crippen LogP contribution in [0.5, 0.6) is 0 Å². The first kappa shape index (κ1) is 37.3. The second kappa shape index (κ2) is 15.6. The molecule has 17 heteroatoms. The predicted octanol–water partition coefficient (Wildman–Crippen LogP) is 3.32. The van der Waals surface area contributed by atoms with Crippen LogP contribution < -0.4 is 11.3 Å². The Morgan fingerprint density at radius 1 is 1.02 bits per heavy atom. The molecule has 1 saturated heterocycles. The summed E-state index contributed by atoms with van der Waals surface area (Å²) in [6.07, 6.45) is -2.92.